The molecule has 30 heavy (non-hydrogen) atoms. The molecule has 0 aliphatic carbocycles. The highest BCUT2D eigenvalue weighted by molar-refractivity contribution is 7.89. The van der Waals surface area contributed by atoms with Gasteiger partial charge in [-0.15, -0.1) is 0 Å². The number of nitrogens with zero attached hydrogens (tertiary/aromatic N) is 2. The van der Waals surface area contributed by atoms with E-state index in [-0.39, 0.29) is 16.9 Å². The Balaban J connectivity index is 1.70. The summed E-state index contributed by atoms with van der Waals surface area (Å²) in [5, 5.41) is 4.67. The Labute approximate surface area is 178 Å². The molecule has 2 atom stereocenters. The second kappa shape index (κ2) is 8.44. The molecule has 3 aromatic carbocycles. The smallest absolute Gasteiger partial charge is 0.200 e. The van der Waals surface area contributed by atoms with E-state index in [1.165, 1.54) is 4.41 Å². The zero-order valence-electron chi connectivity index (χ0n) is 17.3. The van der Waals surface area contributed by atoms with Gasteiger partial charge in [0, 0.05) is 18.1 Å². The number of hydrogen-bond acceptors (Lipinski definition) is 3. The summed E-state index contributed by atoms with van der Waals surface area (Å²) >= 11 is 0. The molecule has 0 amide bonds. The Bertz CT molecular complexity index is 1120. The molecule has 4 nitrogen and oxygen atoms in total. The Hall–Kier alpha value is -2.92. The van der Waals surface area contributed by atoms with Crippen LogP contribution in [-0.4, -0.2) is 24.6 Å². The first-order valence-corrected chi connectivity index (χ1v) is 11.7. The van der Waals surface area contributed by atoms with E-state index in [4.69, 9.17) is 0 Å². The molecule has 0 saturated carbocycles. The maximum Gasteiger partial charge on any atom is 0.279 e. The lowest BCUT2D eigenvalue weighted by atomic mass is 9.91. The van der Waals surface area contributed by atoms with E-state index in [0.29, 0.717) is 12.8 Å². The molecule has 0 aromatic heterocycles. The van der Waals surface area contributed by atoms with Gasteiger partial charge in [-0.1, -0.05) is 85.3 Å². The van der Waals surface area contributed by atoms with Crippen molar-refractivity contribution in [1.29, 1.82) is 0 Å². The first kappa shape index (κ1) is 20.4. The van der Waals surface area contributed by atoms with Crippen LogP contribution in [0.2, 0.25) is 0 Å². The van der Waals surface area contributed by atoms with E-state index < -0.39 is 10.0 Å². The van der Waals surface area contributed by atoms with Crippen LogP contribution in [0.15, 0.2) is 94.9 Å². The molecule has 0 N–H and O–H groups in total. The third-order valence-corrected chi connectivity index (χ3v) is 7.40. The first-order valence-electron chi connectivity index (χ1n) is 10.2. The zero-order valence-corrected chi connectivity index (χ0v) is 18.1. The molecule has 0 bridgehead atoms. The van der Waals surface area contributed by atoms with Crippen molar-refractivity contribution < 1.29 is 8.42 Å². The van der Waals surface area contributed by atoms with Crippen molar-refractivity contribution in [2.45, 2.75) is 43.5 Å². The van der Waals surface area contributed by atoms with Gasteiger partial charge in [0.15, 0.2) is 0 Å². The molecule has 5 heteroatoms. The van der Waals surface area contributed by atoms with Gasteiger partial charge in [0.1, 0.15) is 0 Å². The fraction of sp³-hybridized carbons (Fsp3) is 0.240. The van der Waals surface area contributed by atoms with E-state index in [1.807, 2.05) is 67.6 Å². The van der Waals surface area contributed by atoms with Crippen molar-refractivity contribution in [2.75, 3.05) is 0 Å². The lowest BCUT2D eigenvalue weighted by molar-refractivity contribution is 0.361. The molecule has 1 aliphatic rings. The summed E-state index contributed by atoms with van der Waals surface area (Å²) in [4.78, 5) is 0.281. The third kappa shape index (κ3) is 4.17. The predicted octanol–water partition coefficient (Wildman–Crippen LogP) is 5.16. The molecule has 0 saturated heterocycles. The third-order valence-electron chi connectivity index (χ3n) is 5.66. The minimum atomic E-state index is -3.73. The van der Waals surface area contributed by atoms with Crippen LogP contribution in [0.5, 0.6) is 0 Å². The Morgan fingerprint density at radius 1 is 0.933 bits per heavy atom. The van der Waals surface area contributed by atoms with E-state index in [1.54, 1.807) is 12.1 Å². The molecular weight excluding hydrogens is 392 g/mol. The van der Waals surface area contributed by atoms with Gasteiger partial charge in [-0.05, 0) is 36.6 Å². The zero-order chi connectivity index (χ0) is 21.1. The fourth-order valence-corrected chi connectivity index (χ4v) is 5.32. The van der Waals surface area contributed by atoms with Crippen LogP contribution in [0, 0.1) is 6.92 Å². The number of benzene rings is 3. The van der Waals surface area contributed by atoms with Crippen LogP contribution in [-0.2, 0) is 16.4 Å². The van der Waals surface area contributed by atoms with Gasteiger partial charge in [0.2, 0.25) is 0 Å². The van der Waals surface area contributed by atoms with Crippen molar-refractivity contribution in [1.82, 2.24) is 4.41 Å². The number of aryl methyl sites for hydroxylation is 1. The lowest BCUT2D eigenvalue weighted by Crippen LogP contribution is -2.34. The van der Waals surface area contributed by atoms with Crippen LogP contribution in [0.4, 0.5) is 0 Å². The van der Waals surface area contributed by atoms with Gasteiger partial charge in [0.25, 0.3) is 10.0 Å². The first-order chi connectivity index (χ1) is 14.4. The number of hydrazone groups is 1. The Kier molecular flexibility index (Phi) is 5.73. The molecule has 2 unspecified atom stereocenters. The number of rotatable bonds is 6. The average molecular weight is 419 g/mol. The SMILES string of the molecule is Cc1ccc(S(=O)(=O)N2N=C(C(C)c3ccccc3)CC2Cc2ccccc2)cc1. The largest absolute Gasteiger partial charge is 0.279 e. The van der Waals surface area contributed by atoms with Crippen molar-refractivity contribution >= 4 is 15.7 Å². The lowest BCUT2D eigenvalue weighted by Gasteiger charge is -2.23. The number of sulfonamides is 1. The van der Waals surface area contributed by atoms with Crippen LogP contribution in [0.1, 0.15) is 36.0 Å². The Morgan fingerprint density at radius 2 is 1.53 bits per heavy atom. The maximum absolute atomic E-state index is 13.5. The normalized spacial score (nSPS) is 17.6. The molecule has 1 heterocycles. The van der Waals surface area contributed by atoms with Gasteiger partial charge in [-0.3, -0.25) is 0 Å². The summed E-state index contributed by atoms with van der Waals surface area (Å²) in [5.41, 5.74) is 4.18. The second-order valence-electron chi connectivity index (χ2n) is 7.86. The van der Waals surface area contributed by atoms with Crippen LogP contribution < -0.4 is 0 Å². The van der Waals surface area contributed by atoms with Crippen molar-refractivity contribution in [2.24, 2.45) is 5.10 Å². The van der Waals surface area contributed by atoms with Crippen LogP contribution in [0.25, 0.3) is 0 Å². The van der Waals surface area contributed by atoms with E-state index in [0.717, 1.165) is 22.4 Å². The summed E-state index contributed by atoms with van der Waals surface area (Å²) in [6.07, 6.45) is 1.25. The highest BCUT2D eigenvalue weighted by Crippen LogP contribution is 2.32. The summed E-state index contributed by atoms with van der Waals surface area (Å²) in [6, 6.07) is 26.9. The Morgan fingerprint density at radius 3 is 2.17 bits per heavy atom. The standard InChI is InChI=1S/C25H26N2O2S/c1-19-13-15-24(16-14-19)30(28,29)27-23(17-21-9-5-3-6-10-21)18-25(26-27)20(2)22-11-7-4-8-12-22/h3-16,20,23H,17-18H2,1-2H3. The molecular formula is C25H26N2O2S. The highest BCUT2D eigenvalue weighted by Gasteiger charge is 2.37. The van der Waals surface area contributed by atoms with Gasteiger partial charge in [-0.25, -0.2) is 0 Å². The molecule has 1 aliphatic heterocycles. The quantitative estimate of drug-likeness (QED) is 0.555. The fourth-order valence-electron chi connectivity index (χ4n) is 3.87. The molecule has 154 valence electrons. The van der Waals surface area contributed by atoms with Crippen LogP contribution in [0.3, 0.4) is 0 Å². The molecule has 0 fully saturated rings. The van der Waals surface area contributed by atoms with Crippen molar-refractivity contribution in [3.63, 3.8) is 0 Å². The summed E-state index contributed by atoms with van der Waals surface area (Å²) in [5.74, 6) is 0.0580. The predicted molar refractivity (Wildman–Crippen MR) is 121 cm³/mol. The monoisotopic (exact) mass is 418 g/mol. The van der Waals surface area contributed by atoms with E-state index >= 15 is 0 Å². The average Bonchev–Trinajstić information content (AvgIpc) is 3.19. The molecule has 4 rings (SSSR count). The topological polar surface area (TPSA) is 49.7 Å². The minimum absolute atomic E-state index is 0.0580. The molecule has 0 spiro atoms. The second-order valence-corrected chi connectivity index (χ2v) is 9.66. The summed E-state index contributed by atoms with van der Waals surface area (Å²) < 4.78 is 28.3. The van der Waals surface area contributed by atoms with Gasteiger partial charge in [0.05, 0.1) is 10.9 Å². The highest BCUT2D eigenvalue weighted by atomic mass is 32.2. The molecule has 0 radical (unpaired) electrons. The van der Waals surface area contributed by atoms with Gasteiger partial charge in [-0.2, -0.15) is 17.9 Å². The van der Waals surface area contributed by atoms with Gasteiger partial charge < -0.3 is 0 Å². The van der Waals surface area contributed by atoms with Crippen molar-refractivity contribution in [3.05, 3.63) is 102 Å². The summed E-state index contributed by atoms with van der Waals surface area (Å²) in [7, 11) is -3.73. The van der Waals surface area contributed by atoms with Crippen LogP contribution >= 0.6 is 0 Å². The van der Waals surface area contributed by atoms with Gasteiger partial charge >= 0.3 is 0 Å². The van der Waals surface area contributed by atoms with Crippen molar-refractivity contribution in [3.8, 4) is 0 Å². The van der Waals surface area contributed by atoms with E-state index in [9.17, 15) is 8.42 Å². The molecule has 3 aromatic rings. The minimum Gasteiger partial charge on any atom is -0.200 e. The maximum atomic E-state index is 13.5. The van der Waals surface area contributed by atoms with E-state index in [2.05, 4.69) is 24.2 Å². The summed E-state index contributed by atoms with van der Waals surface area (Å²) in [6.45, 7) is 4.04. The number of hydrogen-bond donors (Lipinski definition) is 0.